The van der Waals surface area contributed by atoms with Gasteiger partial charge in [0.2, 0.25) is 0 Å². The van der Waals surface area contributed by atoms with Crippen molar-refractivity contribution in [2.75, 3.05) is 56.9 Å². The van der Waals surface area contributed by atoms with E-state index in [1.165, 1.54) is 20.7 Å². The number of hydrogen-bond acceptors (Lipinski definition) is 8. The summed E-state index contributed by atoms with van der Waals surface area (Å²) in [5.74, 6) is 0. The third-order valence-corrected chi connectivity index (χ3v) is 27.0. The van der Waals surface area contributed by atoms with Gasteiger partial charge in [0.05, 0.1) is 0 Å². The van der Waals surface area contributed by atoms with Crippen molar-refractivity contribution in [2.24, 2.45) is 0 Å². The van der Waals surface area contributed by atoms with Crippen LogP contribution in [0.5, 0.6) is 0 Å². The summed E-state index contributed by atoms with van der Waals surface area (Å²) >= 11 is 0. The number of rotatable bonds is 16. The van der Waals surface area contributed by atoms with Crippen molar-refractivity contribution in [3.05, 3.63) is 97.1 Å². The topological polar surface area (TPSA) is 73.8 Å². The summed E-state index contributed by atoms with van der Waals surface area (Å²) in [6.07, 6.45) is 0. The molecule has 0 aliphatic carbocycles. The Balaban J connectivity index is 2.10. The van der Waals surface area contributed by atoms with Gasteiger partial charge in [0, 0.05) is 56.9 Å². The molecule has 0 saturated heterocycles. The molecule has 0 amide bonds. The van der Waals surface area contributed by atoms with E-state index in [2.05, 4.69) is 123 Å². The van der Waals surface area contributed by atoms with Gasteiger partial charge in [0.25, 0.3) is 0 Å². The van der Waals surface area contributed by atoms with Gasteiger partial charge in [-0.25, -0.2) is 0 Å². The second-order valence-corrected chi connectivity index (χ2v) is 29.4. The Morgan fingerprint density at radius 3 is 0.490 bits per heavy atom. The van der Waals surface area contributed by atoms with E-state index in [1.807, 2.05) is 0 Å². The molecule has 0 heterocycles. The summed E-state index contributed by atoms with van der Waals surface area (Å²) < 4.78 is 47.4. The molecule has 4 rings (SSSR count). The van der Waals surface area contributed by atoms with Crippen LogP contribution in [0.3, 0.4) is 0 Å². The fourth-order valence-corrected chi connectivity index (χ4v) is 16.7. The van der Waals surface area contributed by atoms with Gasteiger partial charge in [-0.05, 0) is 67.7 Å². The van der Waals surface area contributed by atoms with Gasteiger partial charge >= 0.3 is 34.2 Å². The van der Waals surface area contributed by atoms with Crippen LogP contribution in [0.25, 0.3) is 0 Å². The minimum atomic E-state index is -2.97. The normalized spacial score (nSPS) is 13.1. The molecule has 13 heteroatoms. The van der Waals surface area contributed by atoms with Crippen LogP contribution in [-0.2, 0) is 35.4 Å². The summed E-state index contributed by atoms with van der Waals surface area (Å²) in [5, 5.41) is 9.17. The zero-order chi connectivity index (χ0) is 36.1. The Labute approximate surface area is 298 Å². The Hall–Kier alpha value is -2.36. The minimum Gasteiger partial charge on any atom is -0.394 e. The molecular formula is C36H52O8Si5. The molecule has 0 unspecified atom stereocenters. The molecule has 0 bridgehead atoms. The third-order valence-electron chi connectivity index (χ3n) is 10.5. The molecular weight excluding hydrogens is 701 g/mol. The predicted molar refractivity (Wildman–Crippen MR) is 211 cm³/mol. The lowest BCUT2D eigenvalue weighted by Gasteiger charge is -2.36. The molecule has 4 aromatic carbocycles. The zero-order valence-corrected chi connectivity index (χ0v) is 36.0. The average molecular weight is 753 g/mol. The van der Waals surface area contributed by atoms with Crippen LogP contribution in [-0.4, -0.2) is 99.2 Å². The standard InChI is InChI=1S/C36H52O8Si5/c1-37-45(9,38-2)29-13-21-33(22-14-29)49(34-23-15-30(16-24-34)46(10,39-3)40-4,35-25-17-31(18-26-35)47(11,41-5)42-6)36-27-19-32(20-28-36)48(12,43-7)44-8/h13-28H,1-12H3. The first kappa shape index (κ1) is 39.4. The van der Waals surface area contributed by atoms with Crippen LogP contribution < -0.4 is 41.5 Å². The van der Waals surface area contributed by atoms with Crippen LogP contribution in [0, 0.1) is 0 Å². The van der Waals surface area contributed by atoms with Gasteiger partial charge in [-0.1, -0.05) is 97.1 Å². The first-order valence-electron chi connectivity index (χ1n) is 16.2. The van der Waals surface area contributed by atoms with E-state index in [9.17, 15) is 0 Å². The van der Waals surface area contributed by atoms with Gasteiger partial charge in [0.1, 0.15) is 0 Å². The highest BCUT2D eigenvalue weighted by atomic mass is 28.4. The molecule has 49 heavy (non-hydrogen) atoms. The Morgan fingerprint density at radius 1 is 0.245 bits per heavy atom. The molecule has 0 aliphatic rings. The quantitative estimate of drug-likeness (QED) is 0.126. The van der Waals surface area contributed by atoms with Gasteiger partial charge in [-0.15, -0.1) is 0 Å². The van der Waals surface area contributed by atoms with E-state index in [0.29, 0.717) is 0 Å². The first-order valence-corrected chi connectivity index (χ1v) is 27.5. The molecule has 0 atom stereocenters. The minimum absolute atomic E-state index is 1.07. The molecule has 0 aliphatic heterocycles. The van der Waals surface area contributed by atoms with Crippen LogP contribution in [0.4, 0.5) is 0 Å². The highest BCUT2D eigenvalue weighted by Gasteiger charge is 2.44. The van der Waals surface area contributed by atoms with Crippen molar-refractivity contribution in [2.45, 2.75) is 26.2 Å². The maximum absolute atomic E-state index is 5.92. The monoisotopic (exact) mass is 752 g/mol. The van der Waals surface area contributed by atoms with Gasteiger partial charge < -0.3 is 35.4 Å². The van der Waals surface area contributed by atoms with Crippen LogP contribution in [0.15, 0.2) is 97.1 Å². The average Bonchev–Trinajstić information content (AvgIpc) is 3.17. The fourth-order valence-electron chi connectivity index (χ4n) is 6.37. The molecule has 264 valence electrons. The maximum Gasteiger partial charge on any atom is 0.368 e. The van der Waals surface area contributed by atoms with Crippen molar-refractivity contribution in [3.8, 4) is 0 Å². The van der Waals surface area contributed by atoms with Gasteiger partial charge in [-0.3, -0.25) is 0 Å². The van der Waals surface area contributed by atoms with Crippen LogP contribution >= 0.6 is 0 Å². The summed E-state index contributed by atoms with van der Waals surface area (Å²) in [6.45, 7) is 8.26. The predicted octanol–water partition coefficient (Wildman–Crippen LogP) is 1.35. The molecule has 0 fully saturated rings. The van der Waals surface area contributed by atoms with Crippen molar-refractivity contribution in [1.82, 2.24) is 0 Å². The molecule has 0 radical (unpaired) electrons. The second-order valence-electron chi connectivity index (χ2n) is 12.5. The van der Waals surface area contributed by atoms with E-state index >= 15 is 0 Å². The smallest absolute Gasteiger partial charge is 0.368 e. The summed E-state index contributed by atoms with van der Waals surface area (Å²) in [6, 6.07) is 35.5. The molecule has 0 spiro atoms. The molecule has 0 saturated carbocycles. The lowest BCUT2D eigenvalue weighted by Crippen LogP contribution is -2.75. The Kier molecular flexibility index (Phi) is 12.8. The van der Waals surface area contributed by atoms with Crippen molar-refractivity contribution in [3.63, 3.8) is 0 Å². The Bertz CT molecular complexity index is 1380. The van der Waals surface area contributed by atoms with E-state index in [4.69, 9.17) is 35.4 Å². The first-order chi connectivity index (χ1) is 23.3. The fraction of sp³-hybridized carbons (Fsp3) is 0.333. The van der Waals surface area contributed by atoms with E-state index in [0.717, 1.165) is 20.7 Å². The third kappa shape index (κ3) is 7.23. The molecule has 0 N–H and O–H groups in total. The van der Waals surface area contributed by atoms with E-state index in [-0.39, 0.29) is 0 Å². The summed E-state index contributed by atoms with van der Waals surface area (Å²) in [5.41, 5.74) is 0. The largest absolute Gasteiger partial charge is 0.394 e. The molecule has 4 aromatic rings. The lowest BCUT2D eigenvalue weighted by molar-refractivity contribution is 0.265. The summed E-state index contributed by atoms with van der Waals surface area (Å²) in [4.78, 5) is 0. The SMILES string of the molecule is CO[Si](C)(OC)c1ccc([Si](c2ccc([Si](C)(OC)OC)cc2)(c2ccc([Si](C)(OC)OC)cc2)c2ccc([Si](C)(OC)OC)cc2)cc1. The van der Waals surface area contributed by atoms with Gasteiger partial charge in [-0.2, -0.15) is 0 Å². The zero-order valence-electron chi connectivity index (χ0n) is 31.0. The van der Waals surface area contributed by atoms with Gasteiger partial charge in [0.15, 0.2) is 8.07 Å². The maximum atomic E-state index is 5.92. The second kappa shape index (κ2) is 15.9. The Morgan fingerprint density at radius 2 is 0.367 bits per heavy atom. The number of benzene rings is 4. The van der Waals surface area contributed by atoms with Crippen molar-refractivity contribution < 1.29 is 35.4 Å². The van der Waals surface area contributed by atoms with Crippen molar-refractivity contribution >= 4 is 83.8 Å². The van der Waals surface area contributed by atoms with E-state index < -0.39 is 42.3 Å². The summed E-state index contributed by atoms with van der Waals surface area (Å²) in [7, 11) is 0.559. The number of hydrogen-bond donors (Lipinski definition) is 0. The highest BCUT2D eigenvalue weighted by Crippen LogP contribution is 2.14. The van der Waals surface area contributed by atoms with E-state index in [1.54, 1.807) is 56.9 Å². The lowest BCUT2D eigenvalue weighted by atomic mass is 10.3. The van der Waals surface area contributed by atoms with Crippen molar-refractivity contribution in [1.29, 1.82) is 0 Å². The molecule has 0 aromatic heterocycles. The van der Waals surface area contributed by atoms with Crippen LogP contribution in [0.1, 0.15) is 0 Å². The molecule has 8 nitrogen and oxygen atoms in total. The van der Waals surface area contributed by atoms with Crippen LogP contribution in [0.2, 0.25) is 26.2 Å². The highest BCUT2D eigenvalue weighted by molar-refractivity contribution is 7.20.